The summed E-state index contributed by atoms with van der Waals surface area (Å²) in [7, 11) is 1.39. The summed E-state index contributed by atoms with van der Waals surface area (Å²) in [5.41, 5.74) is 2.96. The second kappa shape index (κ2) is 4.79. The van der Waals surface area contributed by atoms with Crippen LogP contribution in [0.2, 0.25) is 0 Å². The van der Waals surface area contributed by atoms with Crippen LogP contribution < -0.4 is 0 Å². The second-order valence-corrected chi connectivity index (χ2v) is 3.71. The molecule has 1 aromatic carbocycles. The molecule has 0 heterocycles. The van der Waals surface area contributed by atoms with Gasteiger partial charge in [-0.05, 0) is 36.1 Å². The number of carbonyl (C=O) groups is 1. The summed E-state index contributed by atoms with van der Waals surface area (Å²) in [4.78, 5) is 11.3. The van der Waals surface area contributed by atoms with Crippen LogP contribution in [-0.4, -0.2) is 13.1 Å². The van der Waals surface area contributed by atoms with Crippen molar-refractivity contribution in [2.45, 2.75) is 12.8 Å². The molecular formula is C14H14O2. The summed E-state index contributed by atoms with van der Waals surface area (Å²) in [5, 5.41) is 0. The van der Waals surface area contributed by atoms with E-state index in [0.29, 0.717) is 5.56 Å². The number of allylic oxidation sites excluding steroid dienone is 4. The lowest BCUT2D eigenvalue weighted by molar-refractivity contribution is 0.0601. The van der Waals surface area contributed by atoms with E-state index < -0.39 is 0 Å². The van der Waals surface area contributed by atoms with E-state index in [9.17, 15) is 4.79 Å². The molecule has 0 N–H and O–H groups in total. The van der Waals surface area contributed by atoms with Crippen molar-refractivity contribution < 1.29 is 9.53 Å². The van der Waals surface area contributed by atoms with E-state index in [2.05, 4.69) is 23.0 Å². The topological polar surface area (TPSA) is 26.3 Å². The van der Waals surface area contributed by atoms with Crippen LogP contribution in [0.1, 0.15) is 28.8 Å². The highest BCUT2D eigenvalue weighted by Crippen LogP contribution is 2.21. The van der Waals surface area contributed by atoms with E-state index in [1.54, 1.807) is 12.1 Å². The molecule has 1 aliphatic carbocycles. The first-order valence-corrected chi connectivity index (χ1v) is 5.37. The Kier molecular flexibility index (Phi) is 3.20. The highest BCUT2D eigenvalue weighted by atomic mass is 16.5. The summed E-state index contributed by atoms with van der Waals surface area (Å²) in [5.74, 6) is -0.292. The lowest BCUT2D eigenvalue weighted by Crippen LogP contribution is -2.00. The maximum atomic E-state index is 11.3. The van der Waals surface area contributed by atoms with Crippen molar-refractivity contribution in [1.82, 2.24) is 0 Å². The van der Waals surface area contributed by atoms with E-state index >= 15 is 0 Å². The van der Waals surface area contributed by atoms with Gasteiger partial charge in [-0.15, -0.1) is 0 Å². The number of methoxy groups -OCH3 is 1. The Balaban J connectivity index is 2.22. The average molecular weight is 214 g/mol. The third-order valence-electron chi connectivity index (χ3n) is 2.63. The normalized spacial score (nSPS) is 14.4. The Bertz CT molecular complexity index is 438. The molecule has 82 valence electrons. The molecule has 0 radical (unpaired) electrons. The zero-order chi connectivity index (χ0) is 11.4. The molecule has 0 amide bonds. The molecule has 0 aliphatic heterocycles. The SMILES string of the molecule is COC(=O)c1ccc(C2=CCCC=C2)cc1. The Hall–Kier alpha value is -1.83. The standard InChI is InChI=1S/C14H14O2/c1-16-14(15)13-9-7-12(8-10-13)11-5-3-2-4-6-11/h3,5-10H,2,4H2,1H3. The second-order valence-electron chi connectivity index (χ2n) is 3.71. The van der Waals surface area contributed by atoms with Crippen LogP contribution in [0.4, 0.5) is 0 Å². The van der Waals surface area contributed by atoms with E-state index in [4.69, 9.17) is 0 Å². The Labute approximate surface area is 95.2 Å². The van der Waals surface area contributed by atoms with Crippen molar-refractivity contribution in [3.05, 3.63) is 53.6 Å². The number of ether oxygens (including phenoxy) is 1. The molecular weight excluding hydrogens is 200 g/mol. The maximum Gasteiger partial charge on any atom is 0.337 e. The van der Waals surface area contributed by atoms with Crippen LogP contribution in [0.3, 0.4) is 0 Å². The van der Waals surface area contributed by atoms with Gasteiger partial charge in [0.05, 0.1) is 12.7 Å². The van der Waals surface area contributed by atoms with Gasteiger partial charge >= 0.3 is 5.97 Å². The first-order chi connectivity index (χ1) is 7.81. The number of rotatable bonds is 2. The number of hydrogen-bond donors (Lipinski definition) is 0. The molecule has 1 aliphatic rings. The third kappa shape index (κ3) is 2.22. The van der Waals surface area contributed by atoms with E-state index in [1.807, 2.05) is 12.1 Å². The van der Waals surface area contributed by atoms with Gasteiger partial charge in [0, 0.05) is 0 Å². The Morgan fingerprint density at radius 1 is 1.19 bits per heavy atom. The summed E-state index contributed by atoms with van der Waals surface area (Å²) in [6, 6.07) is 7.50. The molecule has 1 aromatic rings. The maximum absolute atomic E-state index is 11.3. The molecule has 2 heteroatoms. The predicted molar refractivity (Wildman–Crippen MR) is 64.1 cm³/mol. The zero-order valence-corrected chi connectivity index (χ0v) is 9.27. The van der Waals surface area contributed by atoms with Crippen molar-refractivity contribution in [1.29, 1.82) is 0 Å². The van der Waals surface area contributed by atoms with Crippen LogP contribution in [0.15, 0.2) is 42.5 Å². The largest absolute Gasteiger partial charge is 0.465 e. The first kappa shape index (κ1) is 10.7. The summed E-state index contributed by atoms with van der Waals surface area (Å²) in [6.07, 6.45) is 8.71. The molecule has 2 nitrogen and oxygen atoms in total. The summed E-state index contributed by atoms with van der Waals surface area (Å²) in [6.45, 7) is 0. The number of esters is 1. The minimum absolute atomic E-state index is 0.292. The van der Waals surface area contributed by atoms with Crippen LogP contribution in [0, 0.1) is 0 Å². The van der Waals surface area contributed by atoms with Crippen LogP contribution in [0.25, 0.3) is 5.57 Å². The smallest absolute Gasteiger partial charge is 0.337 e. The summed E-state index contributed by atoms with van der Waals surface area (Å²) >= 11 is 0. The van der Waals surface area contributed by atoms with E-state index in [1.165, 1.54) is 12.7 Å². The van der Waals surface area contributed by atoms with Crippen molar-refractivity contribution >= 4 is 11.5 Å². The lowest BCUT2D eigenvalue weighted by Gasteiger charge is -2.07. The predicted octanol–water partition coefficient (Wildman–Crippen LogP) is 3.21. The first-order valence-electron chi connectivity index (χ1n) is 5.37. The third-order valence-corrected chi connectivity index (χ3v) is 2.63. The van der Waals surface area contributed by atoms with Gasteiger partial charge in [0.25, 0.3) is 0 Å². The van der Waals surface area contributed by atoms with Crippen molar-refractivity contribution in [3.8, 4) is 0 Å². The number of hydrogen-bond acceptors (Lipinski definition) is 2. The minimum Gasteiger partial charge on any atom is -0.465 e. The fourth-order valence-electron chi connectivity index (χ4n) is 1.74. The molecule has 16 heavy (non-hydrogen) atoms. The van der Waals surface area contributed by atoms with E-state index in [-0.39, 0.29) is 5.97 Å². The molecule has 0 atom stereocenters. The molecule has 0 bridgehead atoms. The quantitative estimate of drug-likeness (QED) is 0.706. The van der Waals surface area contributed by atoms with Gasteiger partial charge in [0.15, 0.2) is 0 Å². The molecule has 2 rings (SSSR count). The van der Waals surface area contributed by atoms with E-state index in [0.717, 1.165) is 18.4 Å². The molecule has 0 saturated heterocycles. The molecule has 0 aromatic heterocycles. The Morgan fingerprint density at radius 3 is 2.50 bits per heavy atom. The average Bonchev–Trinajstić information content (AvgIpc) is 2.39. The van der Waals surface area contributed by atoms with Gasteiger partial charge in [-0.1, -0.05) is 30.4 Å². The van der Waals surface area contributed by atoms with Crippen LogP contribution in [0.5, 0.6) is 0 Å². The number of carbonyl (C=O) groups excluding carboxylic acids is 1. The fraction of sp³-hybridized carbons (Fsp3) is 0.214. The van der Waals surface area contributed by atoms with Crippen LogP contribution >= 0.6 is 0 Å². The summed E-state index contributed by atoms with van der Waals surface area (Å²) < 4.78 is 4.65. The van der Waals surface area contributed by atoms with Gasteiger partial charge in [-0.2, -0.15) is 0 Å². The van der Waals surface area contributed by atoms with Gasteiger partial charge in [-0.3, -0.25) is 0 Å². The number of benzene rings is 1. The Morgan fingerprint density at radius 2 is 1.94 bits per heavy atom. The fourth-order valence-corrected chi connectivity index (χ4v) is 1.74. The van der Waals surface area contributed by atoms with Gasteiger partial charge in [0.1, 0.15) is 0 Å². The van der Waals surface area contributed by atoms with Gasteiger partial charge in [-0.25, -0.2) is 4.79 Å². The molecule has 0 unspecified atom stereocenters. The molecule has 0 spiro atoms. The van der Waals surface area contributed by atoms with Crippen molar-refractivity contribution in [2.24, 2.45) is 0 Å². The van der Waals surface area contributed by atoms with Crippen molar-refractivity contribution in [2.75, 3.05) is 7.11 Å². The monoisotopic (exact) mass is 214 g/mol. The van der Waals surface area contributed by atoms with Crippen molar-refractivity contribution in [3.63, 3.8) is 0 Å². The molecule has 0 saturated carbocycles. The molecule has 0 fully saturated rings. The van der Waals surface area contributed by atoms with Gasteiger partial charge in [0.2, 0.25) is 0 Å². The highest BCUT2D eigenvalue weighted by Gasteiger charge is 2.06. The minimum atomic E-state index is -0.292. The van der Waals surface area contributed by atoms with Gasteiger partial charge < -0.3 is 4.74 Å². The lowest BCUT2D eigenvalue weighted by atomic mass is 9.99. The highest BCUT2D eigenvalue weighted by molar-refractivity contribution is 5.90. The van der Waals surface area contributed by atoms with Crippen LogP contribution in [-0.2, 0) is 4.74 Å². The zero-order valence-electron chi connectivity index (χ0n) is 9.27.